The topological polar surface area (TPSA) is 12.5 Å². The van der Waals surface area contributed by atoms with E-state index in [0.29, 0.717) is 5.92 Å². The fraction of sp³-hybridized carbons (Fsp3) is 0.429. The van der Waals surface area contributed by atoms with Crippen LogP contribution in [0.1, 0.15) is 30.7 Å². The molecule has 2 atom stereocenters. The molecule has 3 heteroatoms. The van der Waals surface area contributed by atoms with E-state index in [-0.39, 0.29) is 11.9 Å². The Hall–Kier alpha value is -1.87. The molecule has 1 aliphatic heterocycles. The van der Waals surface area contributed by atoms with Gasteiger partial charge in [0.25, 0.3) is 0 Å². The Balaban J connectivity index is 1.51. The number of piperidine rings is 1. The van der Waals surface area contributed by atoms with E-state index in [4.69, 9.17) is 4.74 Å². The summed E-state index contributed by atoms with van der Waals surface area (Å²) in [6.07, 6.45) is 3.95. The quantitative estimate of drug-likeness (QED) is 0.804. The summed E-state index contributed by atoms with van der Waals surface area (Å²) < 4.78 is 19.4. The van der Waals surface area contributed by atoms with Gasteiger partial charge in [0.2, 0.25) is 0 Å². The molecule has 24 heavy (non-hydrogen) atoms. The highest BCUT2D eigenvalue weighted by atomic mass is 19.1. The third-order valence-corrected chi connectivity index (χ3v) is 5.18. The fourth-order valence-electron chi connectivity index (χ4n) is 3.68. The summed E-state index contributed by atoms with van der Waals surface area (Å²) in [5.74, 6) is 1.82. The Kier molecular flexibility index (Phi) is 4.52. The monoisotopic (exact) mass is 325 g/mol. The number of likely N-dealkylation sites (tertiary alicyclic amines) is 1. The highest BCUT2D eigenvalue weighted by Gasteiger charge is 2.34. The Morgan fingerprint density at radius 3 is 2.42 bits per heavy atom. The largest absolute Gasteiger partial charge is 0.490 e. The first-order valence-corrected chi connectivity index (χ1v) is 8.97. The second kappa shape index (κ2) is 6.94. The van der Waals surface area contributed by atoms with Crippen molar-refractivity contribution < 1.29 is 9.13 Å². The predicted molar refractivity (Wildman–Crippen MR) is 93.8 cm³/mol. The Morgan fingerprint density at radius 1 is 0.958 bits per heavy atom. The zero-order valence-corrected chi connectivity index (χ0v) is 13.9. The number of rotatable bonds is 5. The van der Waals surface area contributed by atoms with Crippen molar-refractivity contribution in [3.8, 4) is 5.75 Å². The Morgan fingerprint density at radius 2 is 1.71 bits per heavy atom. The van der Waals surface area contributed by atoms with Crippen molar-refractivity contribution in [1.82, 2.24) is 4.90 Å². The normalized spacial score (nSPS) is 24.7. The summed E-state index contributed by atoms with van der Waals surface area (Å²) in [6.45, 7) is 3.37. The zero-order valence-electron chi connectivity index (χ0n) is 13.9. The van der Waals surface area contributed by atoms with E-state index < -0.39 is 0 Å². The van der Waals surface area contributed by atoms with E-state index in [1.54, 1.807) is 12.1 Å². The standard InChI is InChI=1S/C21H24FNO/c22-18-8-10-19(11-9-18)24-21-12-13-23(14-16-6-7-16)15-20(21)17-4-2-1-3-5-17/h1-5,8-11,16,20-21H,6-7,12-15H2/t20-,21-/m1/s1. The highest BCUT2D eigenvalue weighted by molar-refractivity contribution is 5.26. The van der Waals surface area contributed by atoms with Crippen molar-refractivity contribution in [1.29, 1.82) is 0 Å². The molecule has 2 aliphatic rings. The average Bonchev–Trinajstić information content (AvgIpc) is 3.43. The molecule has 1 saturated heterocycles. The van der Waals surface area contributed by atoms with Crippen molar-refractivity contribution >= 4 is 0 Å². The summed E-state index contributed by atoms with van der Waals surface area (Å²) in [4.78, 5) is 2.60. The molecule has 2 fully saturated rings. The number of benzene rings is 2. The van der Waals surface area contributed by atoms with Crippen molar-refractivity contribution in [2.75, 3.05) is 19.6 Å². The molecule has 126 valence electrons. The molecule has 0 N–H and O–H groups in total. The molecule has 1 aliphatic carbocycles. The third kappa shape index (κ3) is 3.78. The lowest BCUT2D eigenvalue weighted by Gasteiger charge is -2.39. The molecule has 0 radical (unpaired) electrons. The molecule has 0 spiro atoms. The molecular weight excluding hydrogens is 301 g/mol. The number of halogens is 1. The van der Waals surface area contributed by atoms with Crippen LogP contribution < -0.4 is 4.74 Å². The van der Waals surface area contributed by atoms with Gasteiger partial charge >= 0.3 is 0 Å². The molecule has 0 amide bonds. The third-order valence-electron chi connectivity index (χ3n) is 5.18. The van der Waals surface area contributed by atoms with E-state index in [1.165, 1.54) is 37.1 Å². The molecule has 4 rings (SSSR count). The summed E-state index contributed by atoms with van der Waals surface area (Å²) in [6, 6.07) is 17.1. The molecule has 2 aromatic rings. The number of hydrogen-bond acceptors (Lipinski definition) is 2. The smallest absolute Gasteiger partial charge is 0.123 e. The van der Waals surface area contributed by atoms with Crippen LogP contribution in [0.4, 0.5) is 4.39 Å². The first-order valence-electron chi connectivity index (χ1n) is 8.97. The zero-order chi connectivity index (χ0) is 16.4. The fourth-order valence-corrected chi connectivity index (χ4v) is 3.68. The van der Waals surface area contributed by atoms with Crippen molar-refractivity contribution in [3.63, 3.8) is 0 Å². The van der Waals surface area contributed by atoms with Gasteiger partial charge < -0.3 is 9.64 Å². The second-order valence-electron chi connectivity index (χ2n) is 7.12. The van der Waals surface area contributed by atoms with Crippen LogP contribution in [-0.4, -0.2) is 30.6 Å². The Labute approximate surface area is 143 Å². The summed E-state index contributed by atoms with van der Waals surface area (Å²) in [5.41, 5.74) is 1.34. The molecular formula is C21H24FNO. The first kappa shape index (κ1) is 15.6. The second-order valence-corrected chi connectivity index (χ2v) is 7.12. The molecule has 0 bridgehead atoms. The van der Waals surface area contributed by atoms with Gasteiger partial charge in [0.1, 0.15) is 17.7 Å². The van der Waals surface area contributed by atoms with Gasteiger partial charge in [-0.1, -0.05) is 30.3 Å². The maximum atomic E-state index is 13.1. The summed E-state index contributed by atoms with van der Waals surface area (Å²) in [7, 11) is 0. The van der Waals surface area contributed by atoms with Crippen LogP contribution in [0, 0.1) is 11.7 Å². The van der Waals surface area contributed by atoms with E-state index >= 15 is 0 Å². The van der Waals surface area contributed by atoms with Crippen molar-refractivity contribution in [2.24, 2.45) is 5.92 Å². The van der Waals surface area contributed by atoms with Crippen LogP contribution in [-0.2, 0) is 0 Å². The molecule has 1 saturated carbocycles. The van der Waals surface area contributed by atoms with Gasteiger partial charge in [-0.15, -0.1) is 0 Å². The minimum absolute atomic E-state index is 0.147. The van der Waals surface area contributed by atoms with Crippen LogP contribution in [0.25, 0.3) is 0 Å². The maximum Gasteiger partial charge on any atom is 0.123 e. The summed E-state index contributed by atoms with van der Waals surface area (Å²) in [5, 5.41) is 0. The van der Waals surface area contributed by atoms with Gasteiger partial charge in [0, 0.05) is 25.6 Å². The molecule has 0 unspecified atom stereocenters. The average molecular weight is 325 g/mol. The van der Waals surface area contributed by atoms with Crippen LogP contribution in [0.5, 0.6) is 5.75 Å². The molecule has 2 nitrogen and oxygen atoms in total. The van der Waals surface area contributed by atoms with Crippen LogP contribution in [0.2, 0.25) is 0 Å². The predicted octanol–water partition coefficient (Wildman–Crippen LogP) is 4.47. The van der Waals surface area contributed by atoms with Gasteiger partial charge in [-0.3, -0.25) is 0 Å². The SMILES string of the molecule is Fc1ccc(O[C@@H]2CCN(CC3CC3)C[C@@H]2c2ccccc2)cc1. The van der Waals surface area contributed by atoms with Crippen LogP contribution >= 0.6 is 0 Å². The van der Waals surface area contributed by atoms with E-state index in [2.05, 4.69) is 35.2 Å². The van der Waals surface area contributed by atoms with Gasteiger partial charge in [-0.25, -0.2) is 4.39 Å². The van der Waals surface area contributed by atoms with Gasteiger partial charge in [-0.05, 0) is 55.0 Å². The number of nitrogens with zero attached hydrogens (tertiary/aromatic N) is 1. The van der Waals surface area contributed by atoms with Gasteiger partial charge in [0.05, 0.1) is 0 Å². The highest BCUT2D eigenvalue weighted by Crippen LogP contribution is 2.35. The first-order chi connectivity index (χ1) is 11.8. The summed E-state index contributed by atoms with van der Waals surface area (Å²) >= 11 is 0. The molecule has 1 heterocycles. The minimum Gasteiger partial charge on any atom is -0.490 e. The van der Waals surface area contributed by atoms with Gasteiger partial charge in [0.15, 0.2) is 0 Å². The van der Waals surface area contributed by atoms with Crippen molar-refractivity contribution in [3.05, 3.63) is 66.0 Å². The van der Waals surface area contributed by atoms with Crippen LogP contribution in [0.15, 0.2) is 54.6 Å². The Bertz CT molecular complexity index is 653. The molecule has 2 aromatic carbocycles. The van der Waals surface area contributed by atoms with E-state index in [1.807, 2.05) is 0 Å². The van der Waals surface area contributed by atoms with E-state index in [0.717, 1.165) is 31.2 Å². The lowest BCUT2D eigenvalue weighted by Crippen LogP contribution is -2.44. The lowest BCUT2D eigenvalue weighted by molar-refractivity contribution is 0.0754. The lowest BCUT2D eigenvalue weighted by atomic mass is 9.87. The van der Waals surface area contributed by atoms with Crippen LogP contribution in [0.3, 0.4) is 0 Å². The number of hydrogen-bond donors (Lipinski definition) is 0. The minimum atomic E-state index is -0.221. The van der Waals surface area contributed by atoms with Gasteiger partial charge in [-0.2, -0.15) is 0 Å². The van der Waals surface area contributed by atoms with E-state index in [9.17, 15) is 4.39 Å². The van der Waals surface area contributed by atoms with Crippen molar-refractivity contribution in [2.45, 2.75) is 31.3 Å². The maximum absolute atomic E-state index is 13.1. The number of ether oxygens (including phenoxy) is 1. The molecule has 0 aromatic heterocycles.